The molecule has 1 aliphatic rings. The van der Waals surface area contributed by atoms with Crippen molar-refractivity contribution in [1.29, 1.82) is 0 Å². The minimum absolute atomic E-state index is 0.174. The fourth-order valence-electron chi connectivity index (χ4n) is 2.19. The standard InChI is InChI=1S/C13H15N3O/c1-2-5-12-14-13(16-15-12)10-8-17-11-7-4-3-6-9(10)11/h3-4,6-7,10H,2,5,8H2,1H3,(H,14,15,16). The van der Waals surface area contributed by atoms with Gasteiger partial charge < -0.3 is 4.74 Å². The van der Waals surface area contributed by atoms with Crippen LogP contribution in [0.25, 0.3) is 0 Å². The number of ether oxygens (including phenoxy) is 1. The Morgan fingerprint density at radius 2 is 2.29 bits per heavy atom. The Hall–Kier alpha value is -1.84. The molecule has 0 fully saturated rings. The molecule has 0 radical (unpaired) electrons. The van der Waals surface area contributed by atoms with Crippen molar-refractivity contribution >= 4 is 0 Å². The summed E-state index contributed by atoms with van der Waals surface area (Å²) >= 11 is 0. The predicted octanol–water partition coefficient (Wildman–Crippen LogP) is 2.28. The lowest BCUT2D eigenvalue weighted by Crippen LogP contribution is -2.04. The van der Waals surface area contributed by atoms with Gasteiger partial charge in [0.2, 0.25) is 0 Å². The van der Waals surface area contributed by atoms with Gasteiger partial charge in [-0.15, -0.1) is 0 Å². The van der Waals surface area contributed by atoms with Crippen molar-refractivity contribution in [3.63, 3.8) is 0 Å². The molecule has 1 N–H and O–H groups in total. The van der Waals surface area contributed by atoms with E-state index in [1.54, 1.807) is 0 Å². The molecule has 4 heteroatoms. The minimum Gasteiger partial charge on any atom is -0.492 e. The van der Waals surface area contributed by atoms with Gasteiger partial charge in [0, 0.05) is 12.0 Å². The second kappa shape index (κ2) is 4.20. The van der Waals surface area contributed by atoms with E-state index in [0.717, 1.165) is 30.2 Å². The highest BCUT2D eigenvalue weighted by atomic mass is 16.5. The normalized spacial score (nSPS) is 17.8. The van der Waals surface area contributed by atoms with Gasteiger partial charge in [-0.3, -0.25) is 5.10 Å². The maximum absolute atomic E-state index is 5.64. The van der Waals surface area contributed by atoms with Crippen LogP contribution in [0.15, 0.2) is 24.3 Å². The van der Waals surface area contributed by atoms with E-state index in [1.807, 2.05) is 18.2 Å². The largest absolute Gasteiger partial charge is 0.492 e. The third kappa shape index (κ3) is 1.79. The van der Waals surface area contributed by atoms with Crippen molar-refractivity contribution in [3.8, 4) is 5.75 Å². The molecule has 2 heterocycles. The lowest BCUT2D eigenvalue weighted by Gasteiger charge is -2.02. The molecule has 1 atom stereocenters. The van der Waals surface area contributed by atoms with E-state index in [4.69, 9.17) is 4.74 Å². The van der Waals surface area contributed by atoms with Crippen LogP contribution in [0.4, 0.5) is 0 Å². The summed E-state index contributed by atoms with van der Waals surface area (Å²) in [6.07, 6.45) is 2.02. The Kier molecular flexibility index (Phi) is 2.55. The number of para-hydroxylation sites is 1. The molecule has 2 aromatic rings. The second-order valence-corrected chi connectivity index (χ2v) is 4.29. The molecule has 1 aliphatic heterocycles. The topological polar surface area (TPSA) is 50.8 Å². The van der Waals surface area contributed by atoms with Gasteiger partial charge in [-0.2, -0.15) is 5.10 Å². The van der Waals surface area contributed by atoms with Gasteiger partial charge in [-0.1, -0.05) is 25.1 Å². The van der Waals surface area contributed by atoms with E-state index in [2.05, 4.69) is 28.2 Å². The summed E-state index contributed by atoms with van der Waals surface area (Å²) in [5.41, 5.74) is 1.19. The number of aromatic amines is 1. The number of hydrogen-bond donors (Lipinski definition) is 1. The molecule has 0 aliphatic carbocycles. The number of benzene rings is 1. The van der Waals surface area contributed by atoms with E-state index >= 15 is 0 Å². The summed E-state index contributed by atoms with van der Waals surface area (Å²) in [5.74, 6) is 2.94. The molecule has 0 bridgehead atoms. The van der Waals surface area contributed by atoms with Crippen molar-refractivity contribution in [1.82, 2.24) is 15.2 Å². The van der Waals surface area contributed by atoms with Crippen LogP contribution < -0.4 is 4.74 Å². The fraction of sp³-hybridized carbons (Fsp3) is 0.385. The van der Waals surface area contributed by atoms with Gasteiger partial charge in [0.1, 0.15) is 18.2 Å². The molecule has 88 valence electrons. The Morgan fingerprint density at radius 1 is 1.41 bits per heavy atom. The number of aromatic nitrogens is 3. The Labute approximate surface area is 100 Å². The summed E-state index contributed by atoms with van der Waals surface area (Å²) in [7, 11) is 0. The number of fused-ring (bicyclic) bond motifs is 1. The zero-order valence-electron chi connectivity index (χ0n) is 9.81. The molecule has 0 spiro atoms. The lowest BCUT2D eigenvalue weighted by molar-refractivity contribution is 0.340. The van der Waals surface area contributed by atoms with Crippen LogP contribution in [0.5, 0.6) is 5.75 Å². The number of hydrogen-bond acceptors (Lipinski definition) is 3. The van der Waals surface area contributed by atoms with Crippen LogP contribution in [0.2, 0.25) is 0 Å². The van der Waals surface area contributed by atoms with Crippen LogP contribution in [0, 0.1) is 0 Å². The van der Waals surface area contributed by atoms with E-state index in [-0.39, 0.29) is 5.92 Å². The molecule has 1 unspecified atom stereocenters. The number of aryl methyl sites for hydroxylation is 1. The fourth-order valence-corrected chi connectivity index (χ4v) is 2.19. The van der Waals surface area contributed by atoms with Crippen LogP contribution in [-0.2, 0) is 6.42 Å². The Morgan fingerprint density at radius 3 is 3.18 bits per heavy atom. The molecule has 1 aromatic carbocycles. The molecular formula is C13H15N3O. The van der Waals surface area contributed by atoms with Crippen molar-refractivity contribution in [3.05, 3.63) is 41.5 Å². The van der Waals surface area contributed by atoms with Gasteiger partial charge in [-0.25, -0.2) is 4.98 Å². The average molecular weight is 229 g/mol. The van der Waals surface area contributed by atoms with Crippen LogP contribution >= 0.6 is 0 Å². The van der Waals surface area contributed by atoms with Gasteiger partial charge in [0.15, 0.2) is 5.82 Å². The van der Waals surface area contributed by atoms with E-state index < -0.39 is 0 Å². The molecule has 4 nitrogen and oxygen atoms in total. The highest BCUT2D eigenvalue weighted by Gasteiger charge is 2.28. The number of nitrogens with one attached hydrogen (secondary N) is 1. The SMILES string of the molecule is CCCc1nc(C2COc3ccccc32)n[nH]1. The van der Waals surface area contributed by atoms with Crippen LogP contribution in [0.1, 0.15) is 36.5 Å². The molecule has 3 rings (SSSR count). The maximum atomic E-state index is 5.64. The summed E-state index contributed by atoms with van der Waals surface area (Å²) in [5, 5.41) is 7.30. The zero-order valence-corrected chi connectivity index (χ0v) is 9.81. The highest BCUT2D eigenvalue weighted by Crippen LogP contribution is 2.36. The Bertz CT molecular complexity index is 521. The van der Waals surface area contributed by atoms with E-state index in [1.165, 1.54) is 5.56 Å². The summed E-state index contributed by atoms with van der Waals surface area (Å²) in [6.45, 7) is 2.78. The molecular weight excluding hydrogens is 214 g/mol. The quantitative estimate of drug-likeness (QED) is 0.878. The average Bonchev–Trinajstić information content (AvgIpc) is 2.95. The number of H-pyrrole nitrogens is 1. The van der Waals surface area contributed by atoms with E-state index in [0.29, 0.717) is 6.61 Å². The smallest absolute Gasteiger partial charge is 0.161 e. The monoisotopic (exact) mass is 229 g/mol. The first-order valence-corrected chi connectivity index (χ1v) is 6.01. The molecule has 0 amide bonds. The highest BCUT2D eigenvalue weighted by molar-refractivity contribution is 5.42. The van der Waals surface area contributed by atoms with Crippen molar-refractivity contribution in [2.24, 2.45) is 0 Å². The molecule has 0 saturated heterocycles. The Balaban J connectivity index is 1.90. The minimum atomic E-state index is 0.174. The summed E-state index contributed by atoms with van der Waals surface area (Å²) in [6, 6.07) is 8.10. The predicted molar refractivity (Wildman–Crippen MR) is 64.2 cm³/mol. The van der Waals surface area contributed by atoms with Gasteiger partial charge in [-0.05, 0) is 12.5 Å². The first-order chi connectivity index (χ1) is 8.38. The van der Waals surface area contributed by atoms with Gasteiger partial charge >= 0.3 is 0 Å². The van der Waals surface area contributed by atoms with Crippen molar-refractivity contribution < 1.29 is 4.74 Å². The van der Waals surface area contributed by atoms with Crippen LogP contribution in [0.3, 0.4) is 0 Å². The number of rotatable bonds is 3. The van der Waals surface area contributed by atoms with Crippen LogP contribution in [-0.4, -0.2) is 21.8 Å². The van der Waals surface area contributed by atoms with Crippen molar-refractivity contribution in [2.75, 3.05) is 6.61 Å². The number of nitrogens with zero attached hydrogens (tertiary/aromatic N) is 2. The second-order valence-electron chi connectivity index (χ2n) is 4.29. The zero-order chi connectivity index (χ0) is 11.7. The molecule has 1 aromatic heterocycles. The molecule has 17 heavy (non-hydrogen) atoms. The third-order valence-corrected chi connectivity index (χ3v) is 3.05. The van der Waals surface area contributed by atoms with Gasteiger partial charge in [0.05, 0.1) is 5.92 Å². The summed E-state index contributed by atoms with van der Waals surface area (Å²) < 4.78 is 5.64. The van der Waals surface area contributed by atoms with Gasteiger partial charge in [0.25, 0.3) is 0 Å². The first kappa shape index (κ1) is 10.3. The first-order valence-electron chi connectivity index (χ1n) is 6.01. The molecule has 0 saturated carbocycles. The van der Waals surface area contributed by atoms with Crippen molar-refractivity contribution in [2.45, 2.75) is 25.7 Å². The lowest BCUT2D eigenvalue weighted by atomic mass is 10.0. The summed E-state index contributed by atoms with van der Waals surface area (Å²) in [4.78, 5) is 4.53. The maximum Gasteiger partial charge on any atom is 0.161 e. The van der Waals surface area contributed by atoms with E-state index in [9.17, 15) is 0 Å². The third-order valence-electron chi connectivity index (χ3n) is 3.05.